The summed E-state index contributed by atoms with van der Waals surface area (Å²) in [6.07, 6.45) is 0. The lowest BCUT2D eigenvalue weighted by Gasteiger charge is -2.17. The van der Waals surface area contributed by atoms with E-state index in [-0.39, 0.29) is 0 Å². The lowest BCUT2D eigenvalue weighted by atomic mass is 10.3. The molecule has 77 valence electrons. The van der Waals surface area contributed by atoms with Crippen LogP contribution in [0.5, 0.6) is 5.75 Å². The van der Waals surface area contributed by atoms with Gasteiger partial charge in [-0.25, -0.2) is 0 Å². The van der Waals surface area contributed by atoms with E-state index in [2.05, 4.69) is 6.07 Å². The highest BCUT2D eigenvalue weighted by Gasteiger charge is 2.10. The van der Waals surface area contributed by atoms with Crippen LogP contribution in [0.4, 0.5) is 0 Å². The summed E-state index contributed by atoms with van der Waals surface area (Å²) in [6.45, 7) is 1.63. The summed E-state index contributed by atoms with van der Waals surface area (Å²) in [4.78, 5) is 0. The van der Waals surface area contributed by atoms with Crippen LogP contribution < -0.4 is 4.74 Å². The fraction of sp³-hybridized carbons (Fsp3) is 0.400. The first kappa shape index (κ1) is 11.3. The van der Waals surface area contributed by atoms with Gasteiger partial charge >= 0.3 is 6.48 Å². The first-order chi connectivity index (χ1) is 6.77. The highest BCUT2D eigenvalue weighted by molar-refractivity contribution is 6.31. The molecule has 1 unspecified atom stereocenters. The van der Waals surface area contributed by atoms with E-state index in [9.17, 15) is 0 Å². The molecule has 0 heterocycles. The molecule has 1 aromatic carbocycles. The highest BCUT2D eigenvalue weighted by atomic mass is 35.5. The SMILES string of the molecule is CCOC(OC)Oc1ccc[c]c1Cl. The zero-order valence-corrected chi connectivity index (χ0v) is 8.88. The molecule has 0 amide bonds. The minimum atomic E-state index is -0.728. The van der Waals surface area contributed by atoms with Crippen molar-refractivity contribution in [2.24, 2.45) is 0 Å². The molecule has 14 heavy (non-hydrogen) atoms. The molecule has 0 fully saturated rings. The summed E-state index contributed by atoms with van der Waals surface area (Å²) in [5.41, 5.74) is 0. The Kier molecular flexibility index (Phi) is 4.73. The quantitative estimate of drug-likeness (QED) is 0.707. The molecule has 1 rings (SSSR count). The van der Waals surface area contributed by atoms with Gasteiger partial charge < -0.3 is 14.2 Å². The fourth-order valence-corrected chi connectivity index (χ4v) is 1.05. The molecule has 3 nitrogen and oxygen atoms in total. The van der Waals surface area contributed by atoms with Crippen molar-refractivity contribution in [3.8, 4) is 5.75 Å². The Hall–Kier alpha value is -0.770. The molecule has 0 aliphatic rings. The Labute approximate surface area is 88.5 Å². The average Bonchev–Trinajstić information content (AvgIpc) is 2.20. The van der Waals surface area contributed by atoms with Gasteiger partial charge in [-0.3, -0.25) is 0 Å². The number of rotatable bonds is 5. The molecule has 4 heteroatoms. The zero-order valence-electron chi connectivity index (χ0n) is 8.12. The molecule has 0 saturated carbocycles. The maximum absolute atomic E-state index is 5.83. The van der Waals surface area contributed by atoms with Crippen molar-refractivity contribution in [2.75, 3.05) is 13.7 Å². The molecule has 0 bridgehead atoms. The van der Waals surface area contributed by atoms with Gasteiger partial charge in [-0.05, 0) is 13.0 Å². The lowest BCUT2D eigenvalue weighted by Crippen LogP contribution is -2.22. The molecular weight excluding hydrogens is 204 g/mol. The Balaban J connectivity index is 2.62. The van der Waals surface area contributed by atoms with Crippen molar-refractivity contribution >= 4 is 11.6 Å². The van der Waals surface area contributed by atoms with Crippen molar-refractivity contribution < 1.29 is 14.2 Å². The van der Waals surface area contributed by atoms with Gasteiger partial charge in [0.2, 0.25) is 0 Å². The second-order valence-corrected chi connectivity index (χ2v) is 2.82. The highest BCUT2D eigenvalue weighted by Crippen LogP contribution is 2.23. The van der Waals surface area contributed by atoms with E-state index in [0.29, 0.717) is 17.4 Å². The van der Waals surface area contributed by atoms with Crippen LogP contribution in [0.25, 0.3) is 0 Å². The van der Waals surface area contributed by atoms with Gasteiger partial charge in [-0.1, -0.05) is 23.7 Å². The van der Waals surface area contributed by atoms with Crippen LogP contribution in [0.2, 0.25) is 5.02 Å². The van der Waals surface area contributed by atoms with Crippen molar-refractivity contribution in [1.29, 1.82) is 0 Å². The van der Waals surface area contributed by atoms with E-state index in [1.807, 2.05) is 6.92 Å². The molecule has 0 aromatic heterocycles. The largest absolute Gasteiger partial charge is 0.440 e. The van der Waals surface area contributed by atoms with Crippen LogP contribution >= 0.6 is 11.6 Å². The predicted octanol–water partition coefficient (Wildman–Crippen LogP) is 2.49. The molecule has 1 atom stereocenters. The van der Waals surface area contributed by atoms with E-state index in [0.717, 1.165) is 0 Å². The first-order valence-corrected chi connectivity index (χ1v) is 4.63. The van der Waals surface area contributed by atoms with Crippen LogP contribution in [0, 0.1) is 6.07 Å². The fourth-order valence-electron chi connectivity index (χ4n) is 0.882. The van der Waals surface area contributed by atoms with Crippen LogP contribution in [0.3, 0.4) is 0 Å². The summed E-state index contributed by atoms with van der Waals surface area (Å²) in [5.74, 6) is 0.495. The predicted molar refractivity (Wildman–Crippen MR) is 53.3 cm³/mol. The van der Waals surface area contributed by atoms with Gasteiger partial charge in [0.1, 0.15) is 5.75 Å². The van der Waals surface area contributed by atoms with Crippen LogP contribution in [-0.4, -0.2) is 20.2 Å². The van der Waals surface area contributed by atoms with Crippen molar-refractivity contribution in [1.82, 2.24) is 0 Å². The van der Waals surface area contributed by atoms with Crippen molar-refractivity contribution in [3.05, 3.63) is 29.3 Å². The normalized spacial score (nSPS) is 12.5. The number of hydrogen-bond acceptors (Lipinski definition) is 3. The van der Waals surface area contributed by atoms with Gasteiger partial charge in [-0.15, -0.1) is 0 Å². The second-order valence-electron chi connectivity index (χ2n) is 2.45. The molecule has 1 aromatic rings. The van der Waals surface area contributed by atoms with E-state index in [4.69, 9.17) is 25.8 Å². The Morgan fingerprint density at radius 1 is 1.57 bits per heavy atom. The Bertz CT molecular complexity index is 278. The minimum absolute atomic E-state index is 0.411. The Morgan fingerprint density at radius 2 is 2.36 bits per heavy atom. The molecular formula is C10H12ClO3. The van der Waals surface area contributed by atoms with E-state index in [1.54, 1.807) is 18.2 Å². The monoisotopic (exact) mass is 215 g/mol. The van der Waals surface area contributed by atoms with Crippen LogP contribution in [-0.2, 0) is 9.47 Å². The third-order valence-electron chi connectivity index (χ3n) is 1.49. The van der Waals surface area contributed by atoms with Gasteiger partial charge in [-0.2, -0.15) is 0 Å². The number of halogens is 1. The van der Waals surface area contributed by atoms with Crippen molar-refractivity contribution in [2.45, 2.75) is 13.4 Å². The average molecular weight is 216 g/mol. The number of methoxy groups -OCH3 is 1. The van der Waals surface area contributed by atoms with Gasteiger partial charge in [0.15, 0.2) is 0 Å². The number of ether oxygens (including phenoxy) is 3. The summed E-state index contributed by atoms with van der Waals surface area (Å²) in [5, 5.41) is 0.411. The minimum Gasteiger partial charge on any atom is -0.440 e. The molecule has 0 N–H and O–H groups in total. The number of benzene rings is 1. The molecule has 0 spiro atoms. The maximum atomic E-state index is 5.83. The third-order valence-corrected chi connectivity index (χ3v) is 1.78. The van der Waals surface area contributed by atoms with E-state index in [1.165, 1.54) is 7.11 Å². The third kappa shape index (κ3) is 3.18. The summed E-state index contributed by atoms with van der Waals surface area (Å²) in [7, 11) is 1.50. The molecule has 1 radical (unpaired) electrons. The van der Waals surface area contributed by atoms with E-state index < -0.39 is 6.48 Å². The van der Waals surface area contributed by atoms with Gasteiger partial charge in [0.25, 0.3) is 0 Å². The first-order valence-electron chi connectivity index (χ1n) is 4.25. The van der Waals surface area contributed by atoms with Gasteiger partial charge in [0, 0.05) is 13.2 Å². The van der Waals surface area contributed by atoms with Crippen LogP contribution in [0.15, 0.2) is 18.2 Å². The Morgan fingerprint density at radius 3 is 2.93 bits per heavy atom. The zero-order chi connectivity index (χ0) is 10.4. The van der Waals surface area contributed by atoms with Crippen LogP contribution in [0.1, 0.15) is 6.92 Å². The summed E-state index contributed by atoms with van der Waals surface area (Å²) in [6, 6.07) is 8.01. The van der Waals surface area contributed by atoms with Crippen molar-refractivity contribution in [3.63, 3.8) is 0 Å². The van der Waals surface area contributed by atoms with E-state index >= 15 is 0 Å². The maximum Gasteiger partial charge on any atom is 0.315 e. The molecule has 0 aliphatic carbocycles. The topological polar surface area (TPSA) is 27.7 Å². The molecule has 0 aliphatic heterocycles. The summed E-state index contributed by atoms with van der Waals surface area (Å²) >= 11 is 5.83. The molecule has 0 saturated heterocycles. The second kappa shape index (κ2) is 5.86. The summed E-state index contributed by atoms with van der Waals surface area (Å²) < 4.78 is 15.4. The number of hydrogen-bond donors (Lipinski definition) is 0. The van der Waals surface area contributed by atoms with Gasteiger partial charge in [0.05, 0.1) is 11.6 Å². The standard InChI is InChI=1S/C10H12ClO3/c1-3-13-10(12-2)14-9-7-5-4-6-8(9)11/h4-5,7,10H,3H2,1-2H3. The lowest BCUT2D eigenvalue weighted by molar-refractivity contribution is -0.231. The smallest absolute Gasteiger partial charge is 0.315 e.